The third kappa shape index (κ3) is 4.75. The highest BCUT2D eigenvalue weighted by Crippen LogP contribution is 2.69. The van der Waals surface area contributed by atoms with Gasteiger partial charge in [-0.2, -0.15) is 0 Å². The van der Waals surface area contributed by atoms with Gasteiger partial charge in [-0.05, 0) is 98.7 Å². The molecule has 198 valence electrons. The van der Waals surface area contributed by atoms with Gasteiger partial charge in [0.2, 0.25) is 0 Å². The fourth-order valence-corrected chi connectivity index (χ4v) is 9.48. The average Bonchev–Trinajstić information content (AvgIpc) is 3.16. The minimum absolute atomic E-state index is 0.0479. The monoisotopic (exact) mass is 490 g/mol. The Morgan fingerprint density at radius 1 is 0.914 bits per heavy atom. The van der Waals surface area contributed by atoms with Crippen molar-refractivity contribution in [3.05, 3.63) is 0 Å². The van der Waals surface area contributed by atoms with Crippen molar-refractivity contribution in [2.75, 3.05) is 7.11 Å². The molecule has 6 heteroatoms. The van der Waals surface area contributed by atoms with Gasteiger partial charge >= 0.3 is 17.9 Å². The summed E-state index contributed by atoms with van der Waals surface area (Å²) >= 11 is 0. The van der Waals surface area contributed by atoms with Gasteiger partial charge in [0.25, 0.3) is 0 Å². The van der Waals surface area contributed by atoms with Crippen molar-refractivity contribution in [3.63, 3.8) is 0 Å². The van der Waals surface area contributed by atoms with E-state index in [2.05, 4.69) is 20.8 Å². The molecule has 4 fully saturated rings. The Morgan fingerprint density at radius 3 is 2.29 bits per heavy atom. The number of rotatable bonds is 6. The molecular formula is C29H46O6. The SMILES string of the molecule is COC(=O)CC[C@H](C)[C@@H]1CC[C@@H]2[C@@H]3CC[C@@H]4C[C@H](OC(C)=O)CC[C@]4(C)[C@@H]3C[C@@H](OC(C)=O)[C@@]21C. The van der Waals surface area contributed by atoms with Crippen molar-refractivity contribution in [2.45, 2.75) is 111 Å². The minimum Gasteiger partial charge on any atom is -0.469 e. The molecule has 0 N–H and O–H groups in total. The van der Waals surface area contributed by atoms with Gasteiger partial charge in [-0.15, -0.1) is 0 Å². The van der Waals surface area contributed by atoms with E-state index in [-0.39, 0.29) is 40.9 Å². The smallest absolute Gasteiger partial charge is 0.305 e. The molecule has 4 saturated carbocycles. The Morgan fingerprint density at radius 2 is 1.63 bits per heavy atom. The zero-order chi connectivity index (χ0) is 25.5. The third-order valence-corrected chi connectivity index (χ3v) is 11.1. The number of hydrogen-bond acceptors (Lipinski definition) is 6. The molecule has 0 aromatic carbocycles. The van der Waals surface area contributed by atoms with Crippen LogP contribution in [0.2, 0.25) is 0 Å². The molecule has 0 unspecified atom stereocenters. The second-order valence-electron chi connectivity index (χ2n) is 12.6. The summed E-state index contributed by atoms with van der Waals surface area (Å²) in [6, 6.07) is 0. The van der Waals surface area contributed by atoms with Gasteiger partial charge in [-0.25, -0.2) is 0 Å². The van der Waals surface area contributed by atoms with Crippen molar-refractivity contribution < 1.29 is 28.6 Å². The first kappa shape index (κ1) is 26.5. The Labute approximate surface area is 211 Å². The largest absolute Gasteiger partial charge is 0.469 e. The predicted molar refractivity (Wildman–Crippen MR) is 132 cm³/mol. The lowest BCUT2D eigenvalue weighted by atomic mass is 9.43. The quantitative estimate of drug-likeness (QED) is 0.351. The van der Waals surface area contributed by atoms with Crippen LogP contribution in [0, 0.1) is 46.3 Å². The molecule has 0 aromatic heterocycles. The van der Waals surface area contributed by atoms with E-state index in [0.717, 1.165) is 38.5 Å². The highest BCUT2D eigenvalue weighted by atomic mass is 16.5. The summed E-state index contributed by atoms with van der Waals surface area (Å²) in [5.74, 6) is 2.60. The molecule has 0 bridgehead atoms. The van der Waals surface area contributed by atoms with E-state index < -0.39 is 0 Å². The second kappa shape index (κ2) is 10.0. The second-order valence-corrected chi connectivity index (χ2v) is 12.6. The predicted octanol–water partition coefficient (Wildman–Crippen LogP) is 5.71. The van der Waals surface area contributed by atoms with E-state index in [9.17, 15) is 14.4 Å². The lowest BCUT2D eigenvalue weighted by Gasteiger charge is -2.62. The number of carbonyl (C=O) groups excluding carboxylic acids is 3. The summed E-state index contributed by atoms with van der Waals surface area (Å²) < 4.78 is 16.7. The number of hydrogen-bond donors (Lipinski definition) is 0. The summed E-state index contributed by atoms with van der Waals surface area (Å²) in [5.41, 5.74) is 0.147. The molecule has 0 aromatic rings. The van der Waals surface area contributed by atoms with Crippen molar-refractivity contribution in [1.29, 1.82) is 0 Å². The Kier molecular flexibility index (Phi) is 7.60. The maximum Gasteiger partial charge on any atom is 0.305 e. The van der Waals surface area contributed by atoms with Crippen molar-refractivity contribution >= 4 is 17.9 Å². The van der Waals surface area contributed by atoms with Gasteiger partial charge in [0, 0.05) is 25.7 Å². The van der Waals surface area contributed by atoms with Crippen LogP contribution >= 0.6 is 0 Å². The molecule has 0 spiro atoms. The van der Waals surface area contributed by atoms with Crippen LogP contribution in [-0.4, -0.2) is 37.2 Å². The van der Waals surface area contributed by atoms with Gasteiger partial charge in [0.15, 0.2) is 0 Å². The highest BCUT2D eigenvalue weighted by Gasteiger charge is 2.65. The van der Waals surface area contributed by atoms with Crippen LogP contribution in [0.25, 0.3) is 0 Å². The molecule has 10 atom stereocenters. The molecule has 0 radical (unpaired) electrons. The fourth-order valence-electron chi connectivity index (χ4n) is 9.48. The third-order valence-electron chi connectivity index (χ3n) is 11.1. The maximum atomic E-state index is 12.3. The minimum atomic E-state index is -0.183. The number of carbonyl (C=O) groups is 3. The molecule has 0 heterocycles. The van der Waals surface area contributed by atoms with E-state index in [4.69, 9.17) is 14.2 Å². The molecule has 4 rings (SSSR count). The zero-order valence-electron chi connectivity index (χ0n) is 22.6. The standard InChI is InChI=1S/C29H46O6/c1-17(7-12-27(32)33-6)23-10-11-24-22-9-8-20-15-21(34-18(2)30)13-14-28(20,4)25(22)16-26(29(23,24)5)35-19(3)31/h17,20-26H,7-16H2,1-6H3/t17-,20+,21+,22-,23-,24+,25+,26+,28-,29+/m0/s1. The first-order chi connectivity index (χ1) is 16.5. The molecule has 4 aliphatic rings. The van der Waals surface area contributed by atoms with Gasteiger partial charge < -0.3 is 14.2 Å². The van der Waals surface area contributed by atoms with Crippen molar-refractivity contribution in [3.8, 4) is 0 Å². The molecule has 0 saturated heterocycles. The topological polar surface area (TPSA) is 78.9 Å². The van der Waals surface area contributed by atoms with Crippen LogP contribution in [0.1, 0.15) is 98.8 Å². The lowest BCUT2D eigenvalue weighted by molar-refractivity contribution is -0.197. The van der Waals surface area contributed by atoms with Crippen LogP contribution in [-0.2, 0) is 28.6 Å². The van der Waals surface area contributed by atoms with Crippen LogP contribution in [0.4, 0.5) is 0 Å². The summed E-state index contributed by atoms with van der Waals surface area (Å²) in [5, 5.41) is 0. The number of esters is 3. The zero-order valence-corrected chi connectivity index (χ0v) is 22.6. The van der Waals surface area contributed by atoms with E-state index in [1.807, 2.05) is 0 Å². The van der Waals surface area contributed by atoms with Crippen LogP contribution in [0.3, 0.4) is 0 Å². The Hall–Kier alpha value is -1.59. The first-order valence-corrected chi connectivity index (χ1v) is 13.9. The molecule has 6 nitrogen and oxygen atoms in total. The molecule has 0 aliphatic heterocycles. The van der Waals surface area contributed by atoms with Crippen LogP contribution < -0.4 is 0 Å². The van der Waals surface area contributed by atoms with Gasteiger partial charge in [-0.3, -0.25) is 14.4 Å². The van der Waals surface area contributed by atoms with E-state index in [1.54, 1.807) is 6.92 Å². The van der Waals surface area contributed by atoms with Gasteiger partial charge in [-0.1, -0.05) is 20.8 Å². The Bertz CT molecular complexity index is 824. The number of ether oxygens (including phenoxy) is 3. The Balaban J connectivity index is 1.58. The number of methoxy groups -OCH3 is 1. The van der Waals surface area contributed by atoms with Crippen molar-refractivity contribution in [2.24, 2.45) is 46.3 Å². The summed E-state index contributed by atoms with van der Waals surface area (Å²) in [6.07, 6.45) is 9.87. The maximum absolute atomic E-state index is 12.3. The summed E-state index contributed by atoms with van der Waals surface area (Å²) in [6.45, 7) is 10.2. The van der Waals surface area contributed by atoms with Crippen molar-refractivity contribution in [1.82, 2.24) is 0 Å². The number of fused-ring (bicyclic) bond motifs is 5. The van der Waals surface area contributed by atoms with E-state index >= 15 is 0 Å². The highest BCUT2D eigenvalue weighted by molar-refractivity contribution is 5.69. The van der Waals surface area contributed by atoms with Crippen LogP contribution in [0.15, 0.2) is 0 Å². The average molecular weight is 491 g/mol. The fraction of sp³-hybridized carbons (Fsp3) is 0.897. The van der Waals surface area contributed by atoms with Gasteiger partial charge in [0.05, 0.1) is 7.11 Å². The summed E-state index contributed by atoms with van der Waals surface area (Å²) in [7, 11) is 1.45. The molecule has 35 heavy (non-hydrogen) atoms. The molecular weight excluding hydrogens is 444 g/mol. The van der Waals surface area contributed by atoms with E-state index in [0.29, 0.717) is 41.9 Å². The lowest BCUT2D eigenvalue weighted by Crippen LogP contribution is -2.59. The summed E-state index contributed by atoms with van der Waals surface area (Å²) in [4.78, 5) is 35.7. The molecule has 0 amide bonds. The normalized spacial score (nSPS) is 43.2. The molecule has 4 aliphatic carbocycles. The van der Waals surface area contributed by atoms with E-state index in [1.165, 1.54) is 33.3 Å². The van der Waals surface area contributed by atoms with Gasteiger partial charge in [0.1, 0.15) is 12.2 Å². The first-order valence-electron chi connectivity index (χ1n) is 13.9. The van der Waals surface area contributed by atoms with Crippen LogP contribution in [0.5, 0.6) is 0 Å².